The first-order valence-electron chi connectivity index (χ1n) is 33.1. The van der Waals surface area contributed by atoms with Crippen LogP contribution in [-0.4, -0.2) is 141 Å². The first-order chi connectivity index (χ1) is 50.4. The molecule has 0 bridgehead atoms. The Kier molecular flexibility index (Phi) is 33.2. The summed E-state index contributed by atoms with van der Waals surface area (Å²) in [5.74, 6) is -9.00. The second kappa shape index (κ2) is 39.9. The van der Waals surface area contributed by atoms with Gasteiger partial charge in [0.2, 0.25) is 0 Å². The van der Waals surface area contributed by atoms with Gasteiger partial charge in [-0.2, -0.15) is 53.6 Å². The summed E-state index contributed by atoms with van der Waals surface area (Å²) in [5, 5.41) is 22.2. The third-order valence-corrected chi connectivity index (χ3v) is 16.9. The van der Waals surface area contributed by atoms with Crippen molar-refractivity contribution in [2.75, 3.05) is 25.1 Å². The smallest absolute Gasteiger partial charge is 0.425 e. The van der Waals surface area contributed by atoms with Crippen molar-refractivity contribution >= 4 is 46.0 Å². The van der Waals surface area contributed by atoms with Crippen molar-refractivity contribution in [2.45, 2.75) is 217 Å². The molecule has 610 valence electrons. The highest BCUT2D eigenvalue weighted by Gasteiger charge is 2.42. The van der Waals surface area contributed by atoms with E-state index in [1.54, 1.807) is 20.8 Å². The molecule has 3 aliphatic rings. The lowest BCUT2D eigenvalue weighted by Gasteiger charge is -2.22. The molecule has 7 aromatic rings. The van der Waals surface area contributed by atoms with Crippen LogP contribution in [0.4, 0.5) is 62.8 Å². The number of carboxylic acid groups (broad SMARTS) is 1. The third-order valence-electron chi connectivity index (χ3n) is 16.4. The van der Waals surface area contributed by atoms with Crippen LogP contribution in [0.5, 0.6) is 17.2 Å². The van der Waals surface area contributed by atoms with Gasteiger partial charge in [-0.15, -0.1) is 15.3 Å². The highest BCUT2D eigenvalue weighted by Crippen LogP contribution is 2.36. The van der Waals surface area contributed by atoms with Crippen LogP contribution in [0.15, 0.2) is 69.0 Å². The normalized spacial score (nSPS) is 16.8. The molecule has 10 rings (SSSR count). The number of nitrogens with zero attached hydrogens (tertiary/aromatic N) is 9. The average molecular weight is 1630 g/mol. The lowest BCUT2D eigenvalue weighted by molar-refractivity contribution is -0.189. The van der Waals surface area contributed by atoms with Crippen LogP contribution in [0.2, 0.25) is 5.02 Å². The average Bonchev–Trinajstić information content (AvgIpc) is 1.61. The van der Waals surface area contributed by atoms with E-state index in [1.165, 1.54) is 25.8 Å². The standard InChI is InChI=1S/C26H26ClF5N4O5.C20H22ClF4N3O5.C20H23F4N3O6.3CH4/c1-3-35-21(13-40-22-9-4-5-10-39-22)34-36(25(35)38)19-12-20(41-14(2)26(30,31)32)15(11-18(19)29)24(37)33-23-16(27)7-6-8-17(23)28;1-3-27-16(10-32-17-6-4-5-7-31-17)26-28(19(27)30)14-9-15(33-11(2)20(23,24)25)12(18(21)29)8-13(14)22;1-3-26-16(10-32-17-6-4-5-7-31-17)25-27(19(26)30)14-9-15(33-11(2)20(22,23)24)12(18(28)29)8-13(14)21;;;/h6-8,11-12,14,22H,3-5,9-10,13H2,1-2H3,(H,33,37);8-9,11,17H,3-7,10H2,1-2H3;8-9,11,17H,3-7,10H2,1-2H3,(H,28,29);3*1H4/t14-,22?;2*11-,17?;;;/m000.../s1. The summed E-state index contributed by atoms with van der Waals surface area (Å²) in [6, 6.07) is 7.45. The molecule has 3 aliphatic heterocycles. The Hall–Kier alpha value is -8.86. The summed E-state index contributed by atoms with van der Waals surface area (Å²) in [6.45, 7) is 8.73. The van der Waals surface area contributed by atoms with Crippen molar-refractivity contribution in [3.05, 3.63) is 149 Å². The molecule has 0 radical (unpaired) electrons. The maximum atomic E-state index is 15.4. The SMILES string of the molecule is C.C.C.CCn1c(COC2CCCCO2)nn(-c2cc(O[C@@H](C)C(F)(F)F)c(C(=O)Cl)cc2F)c1=O.CCn1c(COC2CCCCO2)nn(-c2cc(O[C@@H](C)C(F)(F)F)c(C(=O)Nc3c(F)cccc3Cl)cc2F)c1=O.CCn1c(COC2CCCCO2)nn(-c2cc(O[C@@H](C)C(F)(F)F)c(C(=O)O)cc2F)c1=O. The molecule has 3 fully saturated rings. The van der Waals surface area contributed by atoms with Crippen molar-refractivity contribution in [1.82, 2.24) is 43.0 Å². The molecule has 6 heterocycles. The van der Waals surface area contributed by atoms with Crippen molar-refractivity contribution in [2.24, 2.45) is 0 Å². The van der Waals surface area contributed by atoms with Gasteiger partial charge >= 0.3 is 41.6 Å². The van der Waals surface area contributed by atoms with Crippen molar-refractivity contribution < 1.29 is 119 Å². The summed E-state index contributed by atoms with van der Waals surface area (Å²) in [4.78, 5) is 74.8. The molecule has 6 atom stereocenters. The summed E-state index contributed by atoms with van der Waals surface area (Å²) < 4.78 is 231. The number of anilines is 1. The van der Waals surface area contributed by atoms with Gasteiger partial charge in [0.15, 0.2) is 54.7 Å². The number of para-hydroxylation sites is 1. The van der Waals surface area contributed by atoms with E-state index >= 15 is 4.39 Å². The van der Waals surface area contributed by atoms with Crippen LogP contribution in [0.1, 0.15) is 170 Å². The highest BCUT2D eigenvalue weighted by atomic mass is 35.5. The molecule has 0 saturated carbocycles. The second-order valence-electron chi connectivity index (χ2n) is 23.8. The first-order valence-corrected chi connectivity index (χ1v) is 33.9. The van der Waals surface area contributed by atoms with E-state index in [0.29, 0.717) is 98.2 Å². The Morgan fingerprint density at radius 1 is 0.518 bits per heavy atom. The van der Waals surface area contributed by atoms with E-state index < -0.39 is 170 Å². The maximum Gasteiger partial charge on any atom is 0.425 e. The minimum Gasteiger partial charge on any atom is -0.480 e. The predicted octanol–water partition coefficient (Wildman–Crippen LogP) is 14.7. The minimum absolute atomic E-state index is 0. The van der Waals surface area contributed by atoms with E-state index in [4.69, 9.17) is 65.8 Å². The number of alkyl halides is 9. The fourth-order valence-electron chi connectivity index (χ4n) is 10.6. The van der Waals surface area contributed by atoms with Gasteiger partial charge in [-0.1, -0.05) is 39.9 Å². The molecule has 110 heavy (non-hydrogen) atoms. The van der Waals surface area contributed by atoms with E-state index in [2.05, 4.69) is 20.6 Å². The summed E-state index contributed by atoms with van der Waals surface area (Å²) in [7, 11) is 0. The van der Waals surface area contributed by atoms with E-state index in [0.717, 1.165) is 56.7 Å². The van der Waals surface area contributed by atoms with Gasteiger partial charge < -0.3 is 53.1 Å². The number of carbonyl (C=O) groups excluding carboxylic acids is 2. The minimum atomic E-state index is -4.86. The number of carbonyl (C=O) groups is 3. The number of hydrogen-bond acceptors (Lipinski definition) is 18. The monoisotopic (exact) mass is 1620 g/mol. The van der Waals surface area contributed by atoms with Gasteiger partial charge in [-0.25, -0.2) is 36.7 Å². The van der Waals surface area contributed by atoms with Crippen LogP contribution < -0.4 is 36.6 Å². The van der Waals surface area contributed by atoms with Crippen molar-refractivity contribution in [3.8, 4) is 34.3 Å². The van der Waals surface area contributed by atoms with E-state index in [9.17, 15) is 86.6 Å². The zero-order valence-corrected chi connectivity index (χ0v) is 59.2. The lowest BCUT2D eigenvalue weighted by atomic mass is 10.1. The zero-order chi connectivity index (χ0) is 78.6. The topological polar surface area (TPSA) is 286 Å². The molecule has 0 spiro atoms. The number of carboxylic acids is 1. The second-order valence-corrected chi connectivity index (χ2v) is 24.6. The fourth-order valence-corrected chi connectivity index (χ4v) is 10.9. The zero-order valence-electron chi connectivity index (χ0n) is 57.7. The van der Waals surface area contributed by atoms with E-state index in [1.807, 2.05) is 0 Å². The third kappa shape index (κ3) is 22.9. The molecular formula is C69H83Cl2F13N10O16. The number of benzene rings is 4. The number of hydrogen-bond donors (Lipinski definition) is 2. The Labute approximate surface area is 630 Å². The van der Waals surface area contributed by atoms with Gasteiger partial charge in [0.25, 0.3) is 11.1 Å². The van der Waals surface area contributed by atoms with Gasteiger partial charge in [0.05, 0.1) is 21.8 Å². The van der Waals surface area contributed by atoms with Crippen LogP contribution in [0, 0.1) is 23.3 Å². The van der Waals surface area contributed by atoms with Crippen LogP contribution in [0.25, 0.3) is 17.1 Å². The number of halogens is 15. The maximum absolute atomic E-state index is 15.4. The predicted molar refractivity (Wildman–Crippen MR) is 371 cm³/mol. The molecule has 3 saturated heterocycles. The quantitative estimate of drug-likeness (QED) is 0.0397. The van der Waals surface area contributed by atoms with Crippen LogP contribution >= 0.6 is 23.2 Å². The summed E-state index contributed by atoms with van der Waals surface area (Å²) in [5.41, 5.74) is -6.60. The molecule has 3 unspecified atom stereocenters. The number of aromatic nitrogens is 9. The number of rotatable bonds is 25. The Bertz CT molecular complexity index is 4280. The Balaban J connectivity index is 0.000000294. The number of nitrogens with one attached hydrogen (secondary N) is 1. The molecule has 0 aliphatic carbocycles. The molecular weight excluding hydrogens is 1540 g/mol. The Morgan fingerprint density at radius 2 is 0.836 bits per heavy atom. The molecule has 4 aromatic carbocycles. The van der Waals surface area contributed by atoms with Crippen molar-refractivity contribution in [1.29, 1.82) is 0 Å². The number of aromatic carboxylic acids is 1. The largest absolute Gasteiger partial charge is 0.480 e. The fraction of sp³-hybridized carbons (Fsp3) is 0.522. The van der Waals surface area contributed by atoms with Crippen molar-refractivity contribution in [3.63, 3.8) is 0 Å². The summed E-state index contributed by atoms with van der Waals surface area (Å²) >= 11 is 11.3. The molecule has 2 N–H and O–H groups in total. The van der Waals surface area contributed by atoms with Crippen LogP contribution in [-0.2, 0) is 67.9 Å². The number of amides is 1. The van der Waals surface area contributed by atoms with Gasteiger partial charge in [0.1, 0.15) is 83.0 Å². The Morgan fingerprint density at radius 3 is 1.13 bits per heavy atom. The first kappa shape index (κ1) is 91.7. The number of ether oxygens (including phenoxy) is 9. The van der Waals surface area contributed by atoms with Gasteiger partial charge in [-0.3, -0.25) is 23.3 Å². The van der Waals surface area contributed by atoms with Crippen LogP contribution in [0.3, 0.4) is 0 Å². The van der Waals surface area contributed by atoms with E-state index in [-0.39, 0.29) is 84.2 Å². The highest BCUT2D eigenvalue weighted by molar-refractivity contribution is 6.68. The molecule has 3 aromatic heterocycles. The lowest BCUT2D eigenvalue weighted by Crippen LogP contribution is -2.32. The molecule has 41 heteroatoms. The molecule has 26 nitrogen and oxygen atoms in total. The van der Waals surface area contributed by atoms with Gasteiger partial charge in [0, 0.05) is 57.7 Å². The summed E-state index contributed by atoms with van der Waals surface area (Å²) in [6.07, 6.45) is -15.5. The molecule has 1 amide bonds. The van der Waals surface area contributed by atoms with Gasteiger partial charge in [-0.05, 0) is 141 Å².